The number of rotatable bonds is 4. The third kappa shape index (κ3) is 3.37. The summed E-state index contributed by atoms with van der Waals surface area (Å²) < 4.78 is 6.18. The van der Waals surface area contributed by atoms with Gasteiger partial charge in [0.05, 0.1) is 7.11 Å². The van der Waals surface area contributed by atoms with Crippen LogP contribution >= 0.6 is 15.9 Å². The van der Waals surface area contributed by atoms with Crippen LogP contribution in [0.5, 0.6) is 5.75 Å². The molecule has 1 aliphatic rings. The van der Waals surface area contributed by atoms with Crippen LogP contribution in [0.1, 0.15) is 25.3 Å². The third-order valence-corrected chi connectivity index (χ3v) is 4.65. The summed E-state index contributed by atoms with van der Waals surface area (Å²) in [6.07, 6.45) is 2.50. The summed E-state index contributed by atoms with van der Waals surface area (Å²) in [7, 11) is 1.64. The monoisotopic (exact) mass is 325 g/mol. The normalized spacial score (nSPS) is 23.1. The van der Waals surface area contributed by atoms with E-state index in [9.17, 15) is 4.79 Å². The fourth-order valence-corrected chi connectivity index (χ4v) is 2.88. The van der Waals surface area contributed by atoms with Gasteiger partial charge in [-0.05, 0) is 43.1 Å². The molecule has 104 valence electrons. The molecule has 1 heterocycles. The summed E-state index contributed by atoms with van der Waals surface area (Å²) in [5, 5.41) is 3.32. The number of Topliss-reactive ketones (excluding diaryl/α,β-unsaturated/α-hetero) is 1. The van der Waals surface area contributed by atoms with Crippen molar-refractivity contribution in [1.82, 2.24) is 5.32 Å². The first-order valence-electron chi connectivity index (χ1n) is 6.61. The largest absolute Gasteiger partial charge is 0.497 e. The standard InChI is InChI=1S/C15H20BrNO2/c1-15(6-3-7-17-10-15)14(18)9-11-8-12(19-2)4-5-13(11)16/h4-5,8,17H,3,6-7,9-10H2,1-2H3. The minimum Gasteiger partial charge on any atom is -0.497 e. The maximum atomic E-state index is 12.5. The number of ketones is 1. The maximum Gasteiger partial charge on any atom is 0.144 e. The lowest BCUT2D eigenvalue weighted by molar-refractivity contribution is -0.128. The van der Waals surface area contributed by atoms with Crippen molar-refractivity contribution < 1.29 is 9.53 Å². The number of ether oxygens (including phenoxy) is 1. The minimum atomic E-state index is -0.235. The van der Waals surface area contributed by atoms with E-state index in [0.717, 1.165) is 41.7 Å². The molecule has 0 radical (unpaired) electrons. The molecule has 19 heavy (non-hydrogen) atoms. The van der Waals surface area contributed by atoms with E-state index in [1.165, 1.54) is 0 Å². The summed E-state index contributed by atoms with van der Waals surface area (Å²) in [5.41, 5.74) is 0.761. The number of nitrogens with one attached hydrogen (secondary N) is 1. The van der Waals surface area contributed by atoms with Gasteiger partial charge in [-0.3, -0.25) is 4.79 Å². The summed E-state index contributed by atoms with van der Waals surface area (Å²) in [6.45, 7) is 3.87. The Hall–Kier alpha value is -0.870. The Kier molecular flexibility index (Phi) is 4.63. The predicted octanol–water partition coefficient (Wildman–Crippen LogP) is 2.96. The van der Waals surface area contributed by atoms with Gasteiger partial charge in [-0.1, -0.05) is 22.9 Å². The second kappa shape index (κ2) is 6.06. The summed E-state index contributed by atoms with van der Waals surface area (Å²) >= 11 is 3.51. The first-order valence-corrected chi connectivity index (χ1v) is 7.41. The molecule has 0 saturated carbocycles. The third-order valence-electron chi connectivity index (χ3n) is 3.87. The highest BCUT2D eigenvalue weighted by Crippen LogP contribution is 2.30. The lowest BCUT2D eigenvalue weighted by atomic mass is 9.77. The van der Waals surface area contributed by atoms with Crippen molar-refractivity contribution in [2.24, 2.45) is 5.41 Å². The van der Waals surface area contributed by atoms with Gasteiger partial charge in [-0.25, -0.2) is 0 Å². The van der Waals surface area contributed by atoms with Crippen LogP contribution in [-0.4, -0.2) is 26.0 Å². The fourth-order valence-electron chi connectivity index (χ4n) is 2.49. The number of halogens is 1. The van der Waals surface area contributed by atoms with E-state index < -0.39 is 0 Å². The van der Waals surface area contributed by atoms with E-state index in [4.69, 9.17) is 4.74 Å². The lowest BCUT2D eigenvalue weighted by Crippen LogP contribution is -2.44. The van der Waals surface area contributed by atoms with Crippen LogP contribution in [-0.2, 0) is 11.2 Å². The molecule has 1 atom stereocenters. The van der Waals surface area contributed by atoms with Crippen molar-refractivity contribution in [3.05, 3.63) is 28.2 Å². The zero-order valence-electron chi connectivity index (χ0n) is 11.5. The Morgan fingerprint density at radius 3 is 2.95 bits per heavy atom. The van der Waals surface area contributed by atoms with Gasteiger partial charge in [-0.2, -0.15) is 0 Å². The van der Waals surface area contributed by atoms with Gasteiger partial charge in [0.25, 0.3) is 0 Å². The molecule has 0 aromatic heterocycles. The number of hydrogen-bond acceptors (Lipinski definition) is 3. The average Bonchev–Trinajstić information content (AvgIpc) is 2.42. The van der Waals surface area contributed by atoms with Crippen LogP contribution in [0.2, 0.25) is 0 Å². The van der Waals surface area contributed by atoms with E-state index >= 15 is 0 Å². The number of methoxy groups -OCH3 is 1. The van der Waals surface area contributed by atoms with Gasteiger partial charge in [-0.15, -0.1) is 0 Å². The number of carbonyl (C=O) groups excluding carboxylic acids is 1. The topological polar surface area (TPSA) is 38.3 Å². The van der Waals surface area contributed by atoms with Crippen molar-refractivity contribution in [3.63, 3.8) is 0 Å². The molecule has 1 unspecified atom stereocenters. The quantitative estimate of drug-likeness (QED) is 0.924. The maximum absolute atomic E-state index is 12.5. The van der Waals surface area contributed by atoms with Gasteiger partial charge in [0, 0.05) is 22.9 Å². The van der Waals surface area contributed by atoms with E-state index in [-0.39, 0.29) is 5.41 Å². The minimum absolute atomic E-state index is 0.235. The van der Waals surface area contributed by atoms with Crippen LogP contribution in [0, 0.1) is 5.41 Å². The second-order valence-electron chi connectivity index (χ2n) is 5.40. The van der Waals surface area contributed by atoms with Crippen LogP contribution < -0.4 is 10.1 Å². The molecule has 4 heteroatoms. The molecular weight excluding hydrogens is 306 g/mol. The summed E-state index contributed by atoms with van der Waals surface area (Å²) in [6, 6.07) is 5.76. The Bertz CT molecular complexity index is 467. The van der Waals surface area contributed by atoms with Gasteiger partial charge in [0.2, 0.25) is 0 Å². The van der Waals surface area contributed by atoms with E-state index in [0.29, 0.717) is 12.2 Å². The van der Waals surface area contributed by atoms with Crippen LogP contribution in [0.3, 0.4) is 0 Å². The Labute approximate surface area is 122 Å². The van der Waals surface area contributed by atoms with Crippen molar-refractivity contribution >= 4 is 21.7 Å². The van der Waals surface area contributed by atoms with Crippen LogP contribution in [0.25, 0.3) is 0 Å². The molecule has 0 amide bonds. The van der Waals surface area contributed by atoms with E-state index in [2.05, 4.69) is 28.2 Å². The van der Waals surface area contributed by atoms with Gasteiger partial charge in [0.15, 0.2) is 0 Å². The number of benzene rings is 1. The SMILES string of the molecule is COc1ccc(Br)c(CC(=O)C2(C)CCCNC2)c1. The molecule has 3 nitrogen and oxygen atoms in total. The number of carbonyl (C=O) groups is 1. The number of hydrogen-bond donors (Lipinski definition) is 1. The Balaban J connectivity index is 2.14. The fraction of sp³-hybridized carbons (Fsp3) is 0.533. The molecule has 1 saturated heterocycles. The van der Waals surface area contributed by atoms with Crippen LogP contribution in [0.15, 0.2) is 22.7 Å². The Morgan fingerprint density at radius 2 is 2.32 bits per heavy atom. The summed E-state index contributed by atoms with van der Waals surface area (Å²) in [4.78, 5) is 12.5. The zero-order valence-corrected chi connectivity index (χ0v) is 13.0. The van der Waals surface area contributed by atoms with Crippen molar-refractivity contribution in [3.8, 4) is 5.75 Å². The van der Waals surface area contributed by atoms with Gasteiger partial charge in [0.1, 0.15) is 11.5 Å². The molecule has 0 spiro atoms. The number of piperidine rings is 1. The first-order chi connectivity index (χ1) is 9.05. The van der Waals surface area contributed by atoms with Crippen molar-refractivity contribution in [2.75, 3.05) is 20.2 Å². The Morgan fingerprint density at radius 1 is 1.53 bits per heavy atom. The van der Waals surface area contributed by atoms with Crippen LogP contribution in [0.4, 0.5) is 0 Å². The summed E-state index contributed by atoms with van der Waals surface area (Å²) in [5.74, 6) is 1.09. The van der Waals surface area contributed by atoms with Gasteiger partial charge < -0.3 is 10.1 Å². The molecule has 1 fully saturated rings. The molecule has 0 bridgehead atoms. The van der Waals surface area contributed by atoms with E-state index in [1.54, 1.807) is 7.11 Å². The average molecular weight is 326 g/mol. The first kappa shape index (κ1) is 14.5. The highest BCUT2D eigenvalue weighted by atomic mass is 79.9. The molecule has 1 aromatic rings. The zero-order chi connectivity index (χ0) is 13.9. The van der Waals surface area contributed by atoms with Gasteiger partial charge >= 0.3 is 0 Å². The molecule has 1 N–H and O–H groups in total. The molecule has 1 aromatic carbocycles. The molecule has 2 rings (SSSR count). The molecule has 0 aliphatic carbocycles. The smallest absolute Gasteiger partial charge is 0.144 e. The highest BCUT2D eigenvalue weighted by molar-refractivity contribution is 9.10. The van der Waals surface area contributed by atoms with E-state index in [1.807, 2.05) is 18.2 Å². The lowest BCUT2D eigenvalue weighted by Gasteiger charge is -2.32. The predicted molar refractivity (Wildman–Crippen MR) is 79.6 cm³/mol. The highest BCUT2D eigenvalue weighted by Gasteiger charge is 2.34. The molecule has 1 aliphatic heterocycles. The second-order valence-corrected chi connectivity index (χ2v) is 6.25. The molecular formula is C15H20BrNO2. The van der Waals surface area contributed by atoms with Crippen molar-refractivity contribution in [2.45, 2.75) is 26.2 Å². The van der Waals surface area contributed by atoms with Crippen molar-refractivity contribution in [1.29, 1.82) is 0 Å².